The Morgan fingerprint density at radius 2 is 1.80 bits per heavy atom. The van der Waals surface area contributed by atoms with Gasteiger partial charge in [0, 0.05) is 27.2 Å². The number of hydrogen-bond donors (Lipinski definition) is 2. The second kappa shape index (κ2) is 7.89. The summed E-state index contributed by atoms with van der Waals surface area (Å²) in [5.74, 6) is -0.469. The van der Waals surface area contributed by atoms with E-state index in [-0.39, 0.29) is 11.7 Å². The van der Waals surface area contributed by atoms with Gasteiger partial charge in [0.25, 0.3) is 5.91 Å². The maximum absolute atomic E-state index is 12.9. The van der Waals surface area contributed by atoms with Crippen molar-refractivity contribution in [2.24, 2.45) is 0 Å². The van der Waals surface area contributed by atoms with Crippen LogP contribution < -0.4 is 11.1 Å². The molecule has 0 aliphatic rings. The number of pyridine rings is 1. The molecule has 0 aliphatic heterocycles. The number of carbonyl (C=O) groups is 2. The molecule has 0 spiro atoms. The van der Waals surface area contributed by atoms with Crippen LogP contribution in [-0.2, 0) is 0 Å². The van der Waals surface area contributed by atoms with Crippen molar-refractivity contribution in [3.05, 3.63) is 86.9 Å². The van der Waals surface area contributed by atoms with Crippen LogP contribution in [0.4, 0.5) is 11.4 Å². The highest BCUT2D eigenvalue weighted by Gasteiger charge is 2.21. The fraction of sp³-hybridized carbons (Fsp3) is 0.0870. The van der Waals surface area contributed by atoms with Crippen LogP contribution >= 0.6 is 22.9 Å². The summed E-state index contributed by atoms with van der Waals surface area (Å²) in [4.78, 5) is 31.3. The number of nitrogen functional groups attached to an aromatic ring is 1. The van der Waals surface area contributed by atoms with Gasteiger partial charge in [0.05, 0.1) is 11.4 Å². The number of nitrogens with two attached hydrogens (primary N) is 1. The van der Waals surface area contributed by atoms with Gasteiger partial charge in [-0.25, -0.2) is 4.98 Å². The molecular weight excluding hydrogens is 418 g/mol. The first-order valence-electron chi connectivity index (χ1n) is 9.22. The third-order valence-electron chi connectivity index (χ3n) is 4.91. The Bertz CT molecular complexity index is 1300. The number of carbonyl (C=O) groups excluding carboxylic acids is 2. The van der Waals surface area contributed by atoms with E-state index in [2.05, 4.69) is 10.3 Å². The molecule has 2 aromatic carbocycles. The lowest BCUT2D eigenvalue weighted by atomic mass is 10.0. The van der Waals surface area contributed by atoms with Crippen LogP contribution in [-0.4, -0.2) is 16.7 Å². The predicted molar refractivity (Wildman–Crippen MR) is 123 cm³/mol. The first-order valence-corrected chi connectivity index (χ1v) is 10.4. The summed E-state index contributed by atoms with van der Waals surface area (Å²) in [6.07, 6.45) is 0. The SMILES string of the molecule is Cc1nc2sc(C(=O)Nc3cccc(Cl)c3C)c(N)c2cc1C(=O)c1ccccc1. The number of amides is 1. The highest BCUT2D eigenvalue weighted by atomic mass is 35.5. The molecule has 5 nitrogen and oxygen atoms in total. The Hall–Kier alpha value is -3.22. The van der Waals surface area contributed by atoms with Gasteiger partial charge in [-0.1, -0.05) is 48.0 Å². The second-order valence-corrected chi connectivity index (χ2v) is 8.29. The van der Waals surface area contributed by atoms with Gasteiger partial charge in [0.15, 0.2) is 5.78 Å². The molecule has 7 heteroatoms. The van der Waals surface area contributed by atoms with Gasteiger partial charge in [-0.05, 0) is 37.6 Å². The number of thiophene rings is 1. The summed E-state index contributed by atoms with van der Waals surface area (Å²) >= 11 is 7.34. The van der Waals surface area contributed by atoms with E-state index in [9.17, 15) is 9.59 Å². The maximum atomic E-state index is 12.9. The third kappa shape index (κ3) is 3.56. The number of nitrogens with one attached hydrogen (secondary N) is 1. The summed E-state index contributed by atoms with van der Waals surface area (Å²) in [6, 6.07) is 16.0. The minimum atomic E-state index is -0.338. The molecule has 4 aromatic rings. The maximum Gasteiger partial charge on any atom is 0.267 e. The number of ketones is 1. The molecule has 4 rings (SSSR count). The first kappa shape index (κ1) is 20.1. The molecule has 30 heavy (non-hydrogen) atoms. The van der Waals surface area contributed by atoms with Gasteiger partial charge in [-0.15, -0.1) is 11.3 Å². The standard InChI is InChI=1S/C23H18ClN3O2S/c1-12-17(24)9-6-10-18(12)27-22(29)21-19(25)16-11-15(13(2)26-23(16)30-21)20(28)14-7-4-3-5-8-14/h3-11H,25H2,1-2H3,(H,27,29). The van der Waals surface area contributed by atoms with Crippen molar-refractivity contribution in [2.45, 2.75) is 13.8 Å². The van der Waals surface area contributed by atoms with Crippen LogP contribution in [0.25, 0.3) is 10.2 Å². The zero-order valence-electron chi connectivity index (χ0n) is 16.3. The van der Waals surface area contributed by atoms with Crippen molar-refractivity contribution >= 4 is 56.2 Å². The molecule has 150 valence electrons. The second-order valence-electron chi connectivity index (χ2n) is 6.88. The zero-order valence-corrected chi connectivity index (χ0v) is 17.9. The van der Waals surface area contributed by atoms with E-state index in [1.807, 2.05) is 25.1 Å². The number of anilines is 2. The van der Waals surface area contributed by atoms with Gasteiger partial charge in [-0.2, -0.15) is 0 Å². The molecule has 0 saturated carbocycles. The van der Waals surface area contributed by atoms with Gasteiger partial charge in [0.2, 0.25) is 0 Å². The lowest BCUT2D eigenvalue weighted by molar-refractivity contribution is 0.102. The molecule has 2 aromatic heterocycles. The van der Waals surface area contributed by atoms with E-state index in [1.165, 1.54) is 11.3 Å². The van der Waals surface area contributed by atoms with E-state index in [0.717, 1.165) is 5.56 Å². The van der Waals surface area contributed by atoms with E-state index >= 15 is 0 Å². The largest absolute Gasteiger partial charge is 0.397 e. The summed E-state index contributed by atoms with van der Waals surface area (Å²) in [7, 11) is 0. The molecule has 0 radical (unpaired) electrons. The number of aryl methyl sites for hydroxylation is 1. The number of aromatic nitrogens is 1. The fourth-order valence-corrected chi connectivity index (χ4v) is 4.39. The first-order chi connectivity index (χ1) is 14.4. The molecule has 3 N–H and O–H groups in total. The molecule has 1 amide bonds. The van der Waals surface area contributed by atoms with Crippen LogP contribution in [0.15, 0.2) is 54.6 Å². The number of rotatable bonds is 4. The van der Waals surface area contributed by atoms with E-state index < -0.39 is 0 Å². The van der Waals surface area contributed by atoms with Crippen LogP contribution in [0, 0.1) is 13.8 Å². The van der Waals surface area contributed by atoms with Gasteiger partial charge in [0.1, 0.15) is 9.71 Å². The van der Waals surface area contributed by atoms with Crippen LogP contribution in [0.3, 0.4) is 0 Å². The Morgan fingerprint density at radius 1 is 1.07 bits per heavy atom. The highest BCUT2D eigenvalue weighted by molar-refractivity contribution is 7.21. The summed E-state index contributed by atoms with van der Waals surface area (Å²) in [5.41, 5.74) is 9.63. The van der Waals surface area contributed by atoms with E-state index in [1.54, 1.807) is 43.3 Å². The van der Waals surface area contributed by atoms with Crippen molar-refractivity contribution in [2.75, 3.05) is 11.1 Å². The minimum absolute atomic E-state index is 0.131. The fourth-order valence-electron chi connectivity index (χ4n) is 3.19. The van der Waals surface area contributed by atoms with Gasteiger partial charge in [-0.3, -0.25) is 9.59 Å². The molecule has 0 atom stereocenters. The van der Waals surface area contributed by atoms with Crippen molar-refractivity contribution in [1.82, 2.24) is 4.98 Å². The molecule has 2 heterocycles. The molecule has 0 aliphatic carbocycles. The normalized spacial score (nSPS) is 10.9. The molecule has 0 unspecified atom stereocenters. The molecule has 0 bridgehead atoms. The quantitative estimate of drug-likeness (QED) is 0.406. The minimum Gasteiger partial charge on any atom is -0.397 e. The summed E-state index contributed by atoms with van der Waals surface area (Å²) < 4.78 is 0. The molecule has 0 fully saturated rings. The average Bonchev–Trinajstić information content (AvgIpc) is 3.06. The molecular formula is C23H18ClN3O2S. The number of fused-ring (bicyclic) bond motifs is 1. The van der Waals surface area contributed by atoms with E-state index in [0.29, 0.717) is 48.3 Å². The van der Waals surface area contributed by atoms with Crippen molar-refractivity contribution < 1.29 is 9.59 Å². The van der Waals surface area contributed by atoms with Crippen LogP contribution in [0.5, 0.6) is 0 Å². The Balaban J connectivity index is 1.73. The lowest BCUT2D eigenvalue weighted by Gasteiger charge is -2.09. The Kier molecular flexibility index (Phi) is 5.28. The lowest BCUT2D eigenvalue weighted by Crippen LogP contribution is -2.12. The Labute approximate surface area is 182 Å². The van der Waals surface area contributed by atoms with Crippen molar-refractivity contribution in [3.63, 3.8) is 0 Å². The number of nitrogens with zero attached hydrogens (tertiary/aromatic N) is 1. The molecule has 0 saturated heterocycles. The number of halogens is 1. The number of benzene rings is 2. The van der Waals surface area contributed by atoms with Crippen molar-refractivity contribution in [1.29, 1.82) is 0 Å². The summed E-state index contributed by atoms with van der Waals surface area (Å²) in [6.45, 7) is 3.61. The monoisotopic (exact) mass is 435 g/mol. The topological polar surface area (TPSA) is 85.1 Å². The van der Waals surface area contributed by atoms with Gasteiger partial charge >= 0.3 is 0 Å². The zero-order chi connectivity index (χ0) is 21.4. The van der Waals surface area contributed by atoms with Crippen molar-refractivity contribution in [3.8, 4) is 0 Å². The number of hydrogen-bond acceptors (Lipinski definition) is 5. The van der Waals surface area contributed by atoms with Gasteiger partial charge < -0.3 is 11.1 Å². The van der Waals surface area contributed by atoms with Crippen LogP contribution in [0.2, 0.25) is 5.02 Å². The summed E-state index contributed by atoms with van der Waals surface area (Å²) in [5, 5.41) is 4.02. The van der Waals surface area contributed by atoms with E-state index in [4.69, 9.17) is 17.3 Å². The smallest absolute Gasteiger partial charge is 0.267 e. The third-order valence-corrected chi connectivity index (χ3v) is 6.44. The average molecular weight is 436 g/mol. The van der Waals surface area contributed by atoms with Crippen LogP contribution in [0.1, 0.15) is 36.9 Å². The predicted octanol–water partition coefficient (Wildman–Crippen LogP) is 5.63. The Morgan fingerprint density at radius 3 is 2.53 bits per heavy atom. The highest BCUT2D eigenvalue weighted by Crippen LogP contribution is 2.35.